The fourth-order valence-corrected chi connectivity index (χ4v) is 1.37. The molecule has 7 heteroatoms. The molecule has 2 aromatic heterocycles. The Hall–Kier alpha value is -2.31. The van der Waals surface area contributed by atoms with Gasteiger partial charge in [0.15, 0.2) is 11.5 Å². The summed E-state index contributed by atoms with van der Waals surface area (Å²) in [5, 5.41) is 2.97. The minimum Gasteiger partial charge on any atom is -0.382 e. The minimum absolute atomic E-state index is 0.239. The number of amides is 1. The maximum Gasteiger partial charge on any atom is 0.219 e. The van der Waals surface area contributed by atoms with Crippen molar-refractivity contribution in [3.05, 3.63) is 18.6 Å². The summed E-state index contributed by atoms with van der Waals surface area (Å²) in [6.45, 7) is 0.411. The van der Waals surface area contributed by atoms with Crippen LogP contribution in [0.3, 0.4) is 0 Å². The van der Waals surface area contributed by atoms with Gasteiger partial charge in [0, 0.05) is 25.4 Å². The molecule has 1 amide bonds. The maximum atomic E-state index is 10.6. The molecule has 2 aromatic rings. The quantitative estimate of drug-likeness (QED) is 0.649. The number of nitrogens with one attached hydrogen (secondary N) is 1. The average molecular weight is 220 g/mol. The summed E-state index contributed by atoms with van der Waals surface area (Å²) >= 11 is 0. The highest BCUT2D eigenvalue weighted by molar-refractivity contribution is 5.74. The van der Waals surface area contributed by atoms with Crippen molar-refractivity contribution in [3.8, 4) is 0 Å². The monoisotopic (exact) mass is 220 g/mol. The summed E-state index contributed by atoms with van der Waals surface area (Å²) in [5.74, 6) is 0.564. The molecular formula is C9H12N6O. The Balaban J connectivity index is 2.22. The molecule has 0 bridgehead atoms. The van der Waals surface area contributed by atoms with E-state index in [2.05, 4.69) is 15.3 Å². The number of imidazole rings is 1. The number of hydrogen-bond donors (Lipinski definition) is 3. The van der Waals surface area contributed by atoms with Gasteiger partial charge in [-0.1, -0.05) is 0 Å². The molecule has 0 saturated carbocycles. The number of nitrogen functional groups attached to an aromatic ring is 1. The van der Waals surface area contributed by atoms with E-state index >= 15 is 0 Å². The van der Waals surface area contributed by atoms with Gasteiger partial charge in [0.2, 0.25) is 5.91 Å². The molecule has 7 nitrogen and oxygen atoms in total. The second-order valence-corrected chi connectivity index (χ2v) is 3.32. The van der Waals surface area contributed by atoms with Crippen LogP contribution in [0.25, 0.3) is 5.65 Å². The third-order valence-electron chi connectivity index (χ3n) is 2.06. The number of fused-ring (bicyclic) bond motifs is 1. The lowest BCUT2D eigenvalue weighted by molar-refractivity contribution is -0.117. The van der Waals surface area contributed by atoms with Crippen LogP contribution < -0.4 is 16.8 Å². The lowest BCUT2D eigenvalue weighted by atomic mass is 10.4. The number of aromatic nitrogens is 3. The van der Waals surface area contributed by atoms with Gasteiger partial charge < -0.3 is 21.2 Å². The Bertz CT molecular complexity index is 520. The highest BCUT2D eigenvalue weighted by Crippen LogP contribution is 2.14. The molecular weight excluding hydrogens is 208 g/mol. The Kier molecular flexibility index (Phi) is 2.59. The fourth-order valence-electron chi connectivity index (χ4n) is 1.37. The standard InChI is InChI=1S/C9H12N6O/c10-6-5-15-4-3-13-9(15)8(14-6)12-2-1-7(11)16/h3-5H,1-2,10H2,(H2,11,16)(H,12,14). The lowest BCUT2D eigenvalue weighted by Gasteiger charge is -2.06. The van der Waals surface area contributed by atoms with E-state index in [1.165, 1.54) is 0 Å². The van der Waals surface area contributed by atoms with Crippen LogP contribution in [-0.4, -0.2) is 26.8 Å². The zero-order valence-corrected chi connectivity index (χ0v) is 8.55. The molecule has 0 aromatic carbocycles. The van der Waals surface area contributed by atoms with E-state index in [0.717, 1.165) is 0 Å². The second kappa shape index (κ2) is 4.05. The smallest absolute Gasteiger partial charge is 0.219 e. The number of hydrogen-bond acceptors (Lipinski definition) is 5. The molecule has 0 spiro atoms. The maximum absolute atomic E-state index is 10.6. The average Bonchev–Trinajstić information content (AvgIpc) is 2.64. The van der Waals surface area contributed by atoms with Crippen LogP contribution in [0.1, 0.15) is 6.42 Å². The molecule has 2 rings (SSSR count). The van der Waals surface area contributed by atoms with Gasteiger partial charge in [-0.2, -0.15) is 0 Å². The van der Waals surface area contributed by atoms with Gasteiger partial charge in [-0.25, -0.2) is 9.97 Å². The van der Waals surface area contributed by atoms with E-state index in [1.54, 1.807) is 23.0 Å². The van der Waals surface area contributed by atoms with E-state index in [0.29, 0.717) is 23.8 Å². The molecule has 0 aliphatic carbocycles. The first-order chi connectivity index (χ1) is 7.66. The Morgan fingerprint density at radius 1 is 1.56 bits per heavy atom. The summed E-state index contributed by atoms with van der Waals surface area (Å²) in [6, 6.07) is 0. The Morgan fingerprint density at radius 3 is 3.12 bits per heavy atom. The number of primary amides is 1. The SMILES string of the molecule is NC(=O)CCNc1nc(N)cn2ccnc12. The number of anilines is 2. The molecule has 0 aliphatic heterocycles. The summed E-state index contributed by atoms with van der Waals surface area (Å²) in [4.78, 5) is 18.8. The van der Waals surface area contributed by atoms with Gasteiger partial charge in [-0.3, -0.25) is 4.79 Å². The fraction of sp³-hybridized carbons (Fsp3) is 0.222. The summed E-state index contributed by atoms with van der Waals surface area (Å²) in [7, 11) is 0. The molecule has 16 heavy (non-hydrogen) atoms. The van der Waals surface area contributed by atoms with Crippen molar-refractivity contribution >= 4 is 23.2 Å². The molecule has 0 saturated heterocycles. The van der Waals surface area contributed by atoms with Crippen LogP contribution in [0, 0.1) is 0 Å². The normalized spacial score (nSPS) is 10.5. The van der Waals surface area contributed by atoms with Crippen LogP contribution in [0.5, 0.6) is 0 Å². The largest absolute Gasteiger partial charge is 0.382 e. The van der Waals surface area contributed by atoms with Crippen LogP contribution in [0.15, 0.2) is 18.6 Å². The summed E-state index contributed by atoms with van der Waals surface area (Å²) in [5.41, 5.74) is 11.3. The van der Waals surface area contributed by atoms with Crippen molar-refractivity contribution in [3.63, 3.8) is 0 Å². The predicted molar refractivity (Wildman–Crippen MR) is 59.7 cm³/mol. The van der Waals surface area contributed by atoms with E-state index in [-0.39, 0.29) is 12.3 Å². The number of nitrogens with two attached hydrogens (primary N) is 2. The minimum atomic E-state index is -0.365. The molecule has 0 atom stereocenters. The van der Waals surface area contributed by atoms with Crippen molar-refractivity contribution in [1.82, 2.24) is 14.4 Å². The topological polar surface area (TPSA) is 111 Å². The number of nitrogens with zero attached hydrogens (tertiary/aromatic N) is 3. The molecule has 0 aliphatic rings. The molecule has 0 radical (unpaired) electrons. The first-order valence-electron chi connectivity index (χ1n) is 4.78. The zero-order chi connectivity index (χ0) is 11.5. The number of carbonyl (C=O) groups is 1. The van der Waals surface area contributed by atoms with Crippen molar-refractivity contribution in [2.24, 2.45) is 5.73 Å². The van der Waals surface area contributed by atoms with E-state index in [9.17, 15) is 4.79 Å². The van der Waals surface area contributed by atoms with Crippen molar-refractivity contribution in [2.45, 2.75) is 6.42 Å². The van der Waals surface area contributed by atoms with Gasteiger partial charge in [0.05, 0.1) is 6.20 Å². The highest BCUT2D eigenvalue weighted by Gasteiger charge is 2.05. The van der Waals surface area contributed by atoms with Gasteiger partial charge in [-0.15, -0.1) is 0 Å². The predicted octanol–water partition coefficient (Wildman–Crippen LogP) is -0.401. The van der Waals surface area contributed by atoms with Crippen molar-refractivity contribution < 1.29 is 4.79 Å². The molecule has 84 valence electrons. The summed E-state index contributed by atoms with van der Waals surface area (Å²) in [6.07, 6.45) is 5.33. The zero-order valence-electron chi connectivity index (χ0n) is 8.55. The van der Waals surface area contributed by atoms with Gasteiger partial charge in [-0.05, 0) is 0 Å². The first-order valence-corrected chi connectivity index (χ1v) is 4.78. The van der Waals surface area contributed by atoms with E-state index in [1.807, 2.05) is 0 Å². The molecule has 2 heterocycles. The first kappa shape index (κ1) is 10.2. The van der Waals surface area contributed by atoms with E-state index in [4.69, 9.17) is 11.5 Å². The number of carbonyl (C=O) groups excluding carboxylic acids is 1. The summed E-state index contributed by atoms with van der Waals surface area (Å²) < 4.78 is 1.76. The van der Waals surface area contributed by atoms with Crippen LogP contribution in [-0.2, 0) is 4.79 Å². The molecule has 0 fully saturated rings. The molecule has 0 unspecified atom stereocenters. The van der Waals surface area contributed by atoms with Crippen LogP contribution in [0.4, 0.5) is 11.6 Å². The van der Waals surface area contributed by atoms with Gasteiger partial charge in [0.25, 0.3) is 0 Å². The lowest BCUT2D eigenvalue weighted by Crippen LogP contribution is -2.16. The Labute approximate surface area is 91.5 Å². The second-order valence-electron chi connectivity index (χ2n) is 3.32. The molecule has 5 N–H and O–H groups in total. The highest BCUT2D eigenvalue weighted by atomic mass is 16.1. The van der Waals surface area contributed by atoms with Crippen molar-refractivity contribution in [2.75, 3.05) is 17.6 Å². The van der Waals surface area contributed by atoms with Gasteiger partial charge in [0.1, 0.15) is 5.82 Å². The third kappa shape index (κ3) is 2.02. The van der Waals surface area contributed by atoms with Crippen molar-refractivity contribution in [1.29, 1.82) is 0 Å². The Morgan fingerprint density at radius 2 is 2.38 bits per heavy atom. The van der Waals surface area contributed by atoms with Gasteiger partial charge >= 0.3 is 0 Å². The third-order valence-corrected chi connectivity index (χ3v) is 2.06. The van der Waals surface area contributed by atoms with Crippen LogP contribution >= 0.6 is 0 Å². The van der Waals surface area contributed by atoms with Crippen LogP contribution in [0.2, 0.25) is 0 Å². The van der Waals surface area contributed by atoms with E-state index < -0.39 is 0 Å². The number of rotatable bonds is 4.